The third-order valence-electron chi connectivity index (χ3n) is 7.99. The van der Waals surface area contributed by atoms with E-state index in [4.69, 9.17) is 19.3 Å². The van der Waals surface area contributed by atoms with E-state index in [1.54, 1.807) is 10.8 Å². The summed E-state index contributed by atoms with van der Waals surface area (Å²) in [6.07, 6.45) is 0.0861. The maximum atomic E-state index is 11.6. The monoisotopic (exact) mass is 519 g/mol. The van der Waals surface area contributed by atoms with Crippen LogP contribution >= 0.6 is 0 Å². The van der Waals surface area contributed by atoms with Crippen LogP contribution in [0.3, 0.4) is 0 Å². The molecular weight excluding hydrogens is 478 g/mol. The minimum atomic E-state index is -2.25. The molecule has 3 N–H and O–H groups in total. The fourth-order valence-electron chi connectivity index (χ4n) is 3.64. The van der Waals surface area contributed by atoms with Gasteiger partial charge in [0.1, 0.15) is 42.2 Å². The van der Waals surface area contributed by atoms with Crippen LogP contribution in [-0.4, -0.2) is 61.2 Å². The molecule has 3 heterocycles. The van der Waals surface area contributed by atoms with Crippen LogP contribution in [-0.2, 0) is 13.6 Å². The summed E-state index contributed by atoms with van der Waals surface area (Å²) >= 11 is 0. The molecule has 11 heteroatoms. The number of aromatic nitrogens is 3. The van der Waals surface area contributed by atoms with Gasteiger partial charge in [0.05, 0.1) is 17.6 Å². The minimum absolute atomic E-state index is 0.0339. The molecule has 9 nitrogen and oxygen atoms in total. The number of aliphatic hydroxyl groups is 1. The maximum absolute atomic E-state index is 11.6. The highest BCUT2D eigenvalue weighted by Crippen LogP contribution is 2.43. The number of aliphatic hydroxyl groups excluding tert-OH is 1. The smallest absolute Gasteiger partial charge is 0.192 e. The number of hydrogen-bond donors (Lipinski definition) is 2. The van der Waals surface area contributed by atoms with E-state index in [1.807, 2.05) is 0 Å². The highest BCUT2D eigenvalue weighted by molar-refractivity contribution is 6.74. The zero-order chi connectivity index (χ0) is 26.6. The number of anilines is 1. The first-order valence-corrected chi connectivity index (χ1v) is 17.9. The molecular formula is C24H41N5O4Si2. The average molecular weight is 520 g/mol. The Bertz CT molecular complexity index is 1110. The summed E-state index contributed by atoms with van der Waals surface area (Å²) in [7, 11) is -4.32. The van der Waals surface area contributed by atoms with Crippen LogP contribution in [0, 0.1) is 11.3 Å². The molecule has 0 amide bonds. The van der Waals surface area contributed by atoms with E-state index in [0.717, 1.165) is 0 Å². The lowest BCUT2D eigenvalue weighted by Crippen LogP contribution is -2.51. The van der Waals surface area contributed by atoms with Crippen LogP contribution in [0.25, 0.3) is 11.0 Å². The second kappa shape index (κ2) is 9.24. The van der Waals surface area contributed by atoms with Gasteiger partial charge >= 0.3 is 0 Å². The fraction of sp³-hybridized carbons (Fsp3) is 0.708. The van der Waals surface area contributed by atoms with Gasteiger partial charge in [-0.3, -0.25) is 0 Å². The van der Waals surface area contributed by atoms with Crippen molar-refractivity contribution in [3.63, 3.8) is 0 Å². The lowest BCUT2D eigenvalue weighted by molar-refractivity contribution is -0.0485. The molecule has 0 aliphatic carbocycles. The molecule has 1 aliphatic heterocycles. The quantitative estimate of drug-likeness (QED) is 0.532. The summed E-state index contributed by atoms with van der Waals surface area (Å²) in [5, 5.41) is 21.7. The highest BCUT2D eigenvalue weighted by Gasteiger charge is 2.51. The zero-order valence-corrected chi connectivity index (χ0v) is 24.7. The van der Waals surface area contributed by atoms with Crippen LogP contribution in [0.1, 0.15) is 53.3 Å². The molecule has 1 fully saturated rings. The summed E-state index contributed by atoms with van der Waals surface area (Å²) in [4.78, 5) is 8.37. The maximum Gasteiger partial charge on any atom is 0.192 e. The Morgan fingerprint density at radius 2 is 1.71 bits per heavy atom. The summed E-state index contributed by atoms with van der Waals surface area (Å²) in [6, 6.07) is 2.15. The van der Waals surface area contributed by atoms with Crippen molar-refractivity contribution in [3.8, 4) is 6.07 Å². The molecule has 4 atom stereocenters. The molecule has 2 aromatic rings. The average Bonchev–Trinajstić information content (AvgIpc) is 3.23. The second-order valence-electron chi connectivity index (χ2n) is 12.5. The third-order valence-corrected chi connectivity index (χ3v) is 17.0. The minimum Gasteiger partial charge on any atom is -0.414 e. The number of fused-ring (bicyclic) bond motifs is 1. The molecule has 0 aromatic carbocycles. The molecule has 194 valence electrons. The van der Waals surface area contributed by atoms with Gasteiger partial charge < -0.3 is 29.0 Å². The number of nitrogens with two attached hydrogens (primary N) is 1. The Labute approximate surface area is 210 Å². The van der Waals surface area contributed by atoms with Gasteiger partial charge in [-0.05, 0) is 36.3 Å². The van der Waals surface area contributed by atoms with Gasteiger partial charge in [-0.15, -0.1) is 0 Å². The molecule has 0 spiro atoms. The topological polar surface area (TPSA) is 128 Å². The molecule has 0 saturated carbocycles. The van der Waals surface area contributed by atoms with E-state index in [9.17, 15) is 10.4 Å². The van der Waals surface area contributed by atoms with E-state index < -0.39 is 41.2 Å². The van der Waals surface area contributed by atoms with Crippen molar-refractivity contribution in [1.82, 2.24) is 14.5 Å². The number of nitrogen functional groups attached to an aromatic ring is 1. The van der Waals surface area contributed by atoms with Crippen molar-refractivity contribution in [3.05, 3.63) is 18.1 Å². The Hall–Kier alpha value is -1.82. The van der Waals surface area contributed by atoms with Gasteiger partial charge in [-0.2, -0.15) is 5.26 Å². The normalized spacial score (nSPS) is 24.2. The van der Waals surface area contributed by atoms with E-state index in [0.29, 0.717) is 23.2 Å². The van der Waals surface area contributed by atoms with Crippen LogP contribution in [0.4, 0.5) is 5.82 Å². The third kappa shape index (κ3) is 5.19. The molecule has 2 aromatic heterocycles. The first-order chi connectivity index (χ1) is 15.9. The number of hydrogen-bond acceptors (Lipinski definition) is 8. The van der Waals surface area contributed by atoms with E-state index in [-0.39, 0.29) is 15.9 Å². The second-order valence-corrected chi connectivity index (χ2v) is 22.1. The fourth-order valence-corrected chi connectivity index (χ4v) is 5.98. The molecule has 0 unspecified atom stereocenters. The van der Waals surface area contributed by atoms with Gasteiger partial charge in [-0.1, -0.05) is 41.5 Å². The Morgan fingerprint density at radius 3 is 2.26 bits per heavy atom. The molecule has 1 saturated heterocycles. The van der Waals surface area contributed by atoms with Crippen molar-refractivity contribution in [2.24, 2.45) is 0 Å². The van der Waals surface area contributed by atoms with Crippen LogP contribution in [0.15, 0.2) is 12.5 Å². The van der Waals surface area contributed by atoms with Crippen molar-refractivity contribution in [2.75, 3.05) is 12.3 Å². The van der Waals surface area contributed by atoms with Crippen molar-refractivity contribution in [1.29, 1.82) is 5.26 Å². The van der Waals surface area contributed by atoms with Crippen molar-refractivity contribution >= 4 is 33.5 Å². The standard InChI is InChI=1S/C24H41N5O4Si2/c1-23(2,3)34(7,8)31-13-16-19(33-35(9,10)24(4,5)6)18(30)22(32-16)29-12-15(11-25)17-20(26)27-14-28-21(17)29/h12,14,16,18-19,22,30H,13H2,1-10H3,(H2,26,27,28)/t16-,18+,19-,22-/m1/s1. The van der Waals surface area contributed by atoms with Gasteiger partial charge in [0.25, 0.3) is 0 Å². The predicted octanol–water partition coefficient (Wildman–Crippen LogP) is 4.56. The number of ether oxygens (including phenoxy) is 1. The van der Waals surface area contributed by atoms with Gasteiger partial charge in [0.15, 0.2) is 22.9 Å². The molecule has 1 aliphatic rings. The van der Waals surface area contributed by atoms with Crippen LogP contribution < -0.4 is 5.73 Å². The SMILES string of the molecule is CC(C)(C)[Si](C)(C)OC[C@H]1O[C@@H](n2cc(C#N)c3c(N)ncnc32)[C@@H](O)[C@@H]1O[Si](C)(C)C(C)(C)C. The molecule has 35 heavy (non-hydrogen) atoms. The van der Waals surface area contributed by atoms with Crippen LogP contribution in [0.5, 0.6) is 0 Å². The Balaban J connectivity index is 2.01. The summed E-state index contributed by atoms with van der Waals surface area (Å²) in [5.74, 6) is 0.213. The lowest BCUT2D eigenvalue weighted by Gasteiger charge is -2.41. The van der Waals surface area contributed by atoms with Gasteiger partial charge in [0, 0.05) is 6.20 Å². The lowest BCUT2D eigenvalue weighted by atomic mass is 10.1. The van der Waals surface area contributed by atoms with E-state index in [2.05, 4.69) is 83.8 Å². The first kappa shape index (κ1) is 27.8. The largest absolute Gasteiger partial charge is 0.414 e. The van der Waals surface area contributed by atoms with Crippen molar-refractivity contribution < 1.29 is 18.7 Å². The number of nitrogens with zero attached hydrogens (tertiary/aromatic N) is 4. The first-order valence-electron chi connectivity index (χ1n) is 12.1. The summed E-state index contributed by atoms with van der Waals surface area (Å²) in [6.45, 7) is 22.1. The Morgan fingerprint density at radius 1 is 1.11 bits per heavy atom. The summed E-state index contributed by atoms with van der Waals surface area (Å²) < 4.78 is 21.3. The predicted molar refractivity (Wildman–Crippen MR) is 142 cm³/mol. The van der Waals surface area contributed by atoms with Gasteiger partial charge in [0.2, 0.25) is 0 Å². The van der Waals surface area contributed by atoms with Gasteiger partial charge in [-0.25, -0.2) is 9.97 Å². The molecule has 3 rings (SSSR count). The Kier molecular flexibility index (Phi) is 7.33. The number of nitriles is 1. The highest BCUT2D eigenvalue weighted by atomic mass is 28.4. The molecule has 0 bridgehead atoms. The van der Waals surface area contributed by atoms with E-state index >= 15 is 0 Å². The summed E-state index contributed by atoms with van der Waals surface area (Å²) in [5.41, 5.74) is 6.82. The van der Waals surface area contributed by atoms with E-state index in [1.165, 1.54) is 6.33 Å². The zero-order valence-electron chi connectivity index (χ0n) is 22.7. The molecule has 0 radical (unpaired) electrons. The number of rotatable bonds is 6. The van der Waals surface area contributed by atoms with Crippen LogP contribution in [0.2, 0.25) is 36.3 Å². The van der Waals surface area contributed by atoms with Crippen molar-refractivity contribution in [2.45, 2.75) is 102 Å².